The molecule has 1 unspecified atom stereocenters. The van der Waals surface area contributed by atoms with Crippen molar-refractivity contribution in [1.82, 2.24) is 15.5 Å². The summed E-state index contributed by atoms with van der Waals surface area (Å²) in [5, 5.41) is 15.4. The highest BCUT2D eigenvalue weighted by Gasteiger charge is 2.31. The molecule has 0 aliphatic carbocycles. The van der Waals surface area contributed by atoms with Gasteiger partial charge in [-0.15, -0.1) is 0 Å². The summed E-state index contributed by atoms with van der Waals surface area (Å²) >= 11 is 0. The Morgan fingerprint density at radius 1 is 1.39 bits per heavy atom. The summed E-state index contributed by atoms with van der Waals surface area (Å²) in [4.78, 5) is 0. The van der Waals surface area contributed by atoms with Crippen molar-refractivity contribution in [2.45, 2.75) is 26.3 Å². The SMILES string of the molecule is CC1(C)CNCCC1Nc1ccc2cn[nH]c2c1. The van der Waals surface area contributed by atoms with Gasteiger partial charge in [0, 0.05) is 23.7 Å². The first-order valence-electron chi connectivity index (χ1n) is 6.55. The molecule has 18 heavy (non-hydrogen) atoms. The minimum absolute atomic E-state index is 0.279. The summed E-state index contributed by atoms with van der Waals surface area (Å²) in [6.45, 7) is 6.78. The largest absolute Gasteiger partial charge is 0.382 e. The number of nitrogens with zero attached hydrogens (tertiary/aromatic N) is 1. The normalized spacial score (nSPS) is 23.1. The zero-order valence-corrected chi connectivity index (χ0v) is 11.0. The summed E-state index contributed by atoms with van der Waals surface area (Å²) < 4.78 is 0. The molecule has 1 saturated heterocycles. The summed E-state index contributed by atoms with van der Waals surface area (Å²) in [5.41, 5.74) is 2.54. The van der Waals surface area contributed by atoms with Gasteiger partial charge in [-0.3, -0.25) is 5.10 Å². The van der Waals surface area contributed by atoms with Crippen LogP contribution in [0.5, 0.6) is 0 Å². The Labute approximate surface area is 107 Å². The third-order valence-corrected chi connectivity index (χ3v) is 3.92. The van der Waals surface area contributed by atoms with Gasteiger partial charge in [-0.25, -0.2) is 0 Å². The van der Waals surface area contributed by atoms with Crippen LogP contribution in [0.3, 0.4) is 0 Å². The second-order valence-electron chi connectivity index (χ2n) is 5.82. The number of benzene rings is 1. The number of hydrogen-bond donors (Lipinski definition) is 3. The number of fused-ring (bicyclic) bond motifs is 1. The van der Waals surface area contributed by atoms with Crippen molar-refractivity contribution in [3.05, 3.63) is 24.4 Å². The third kappa shape index (κ3) is 2.08. The maximum absolute atomic E-state index is 4.06. The van der Waals surface area contributed by atoms with Gasteiger partial charge in [0.1, 0.15) is 0 Å². The molecule has 1 aromatic heterocycles. The highest BCUT2D eigenvalue weighted by atomic mass is 15.1. The zero-order valence-electron chi connectivity index (χ0n) is 11.0. The van der Waals surface area contributed by atoms with Crippen LogP contribution >= 0.6 is 0 Å². The highest BCUT2D eigenvalue weighted by Crippen LogP contribution is 2.29. The first kappa shape index (κ1) is 11.5. The zero-order chi connectivity index (χ0) is 12.6. The number of piperidine rings is 1. The lowest BCUT2D eigenvalue weighted by Crippen LogP contribution is -2.49. The predicted octanol–water partition coefficient (Wildman–Crippen LogP) is 2.36. The van der Waals surface area contributed by atoms with Crippen molar-refractivity contribution in [1.29, 1.82) is 0 Å². The van der Waals surface area contributed by atoms with Gasteiger partial charge < -0.3 is 10.6 Å². The van der Waals surface area contributed by atoms with Crippen LogP contribution in [0.1, 0.15) is 20.3 Å². The van der Waals surface area contributed by atoms with Gasteiger partial charge in [-0.1, -0.05) is 13.8 Å². The fourth-order valence-corrected chi connectivity index (χ4v) is 2.67. The van der Waals surface area contributed by atoms with E-state index in [2.05, 4.69) is 52.9 Å². The van der Waals surface area contributed by atoms with Crippen LogP contribution in [0.2, 0.25) is 0 Å². The van der Waals surface area contributed by atoms with Gasteiger partial charge in [0.05, 0.1) is 11.7 Å². The van der Waals surface area contributed by atoms with Gasteiger partial charge in [-0.2, -0.15) is 5.10 Å². The molecule has 0 bridgehead atoms. The van der Waals surface area contributed by atoms with Crippen molar-refractivity contribution in [3.63, 3.8) is 0 Å². The summed E-state index contributed by atoms with van der Waals surface area (Å²) in [6, 6.07) is 6.89. The second kappa shape index (κ2) is 4.28. The topological polar surface area (TPSA) is 52.7 Å². The van der Waals surface area contributed by atoms with E-state index in [1.807, 2.05) is 6.20 Å². The molecule has 1 fully saturated rings. The van der Waals surface area contributed by atoms with Crippen LogP contribution in [0, 0.1) is 5.41 Å². The van der Waals surface area contributed by atoms with E-state index >= 15 is 0 Å². The Morgan fingerprint density at radius 2 is 2.28 bits per heavy atom. The molecule has 2 aromatic rings. The van der Waals surface area contributed by atoms with E-state index in [1.54, 1.807) is 0 Å². The fourth-order valence-electron chi connectivity index (χ4n) is 2.67. The van der Waals surface area contributed by atoms with E-state index in [0.717, 1.165) is 30.4 Å². The summed E-state index contributed by atoms with van der Waals surface area (Å²) in [7, 11) is 0. The number of aromatic nitrogens is 2. The predicted molar refractivity (Wildman–Crippen MR) is 74.8 cm³/mol. The van der Waals surface area contributed by atoms with Gasteiger partial charge in [0.2, 0.25) is 0 Å². The van der Waals surface area contributed by atoms with Crippen molar-refractivity contribution in [2.24, 2.45) is 5.41 Å². The Hall–Kier alpha value is -1.55. The molecule has 0 spiro atoms. The van der Waals surface area contributed by atoms with Gasteiger partial charge in [0.15, 0.2) is 0 Å². The van der Waals surface area contributed by atoms with Crippen LogP contribution in [0.4, 0.5) is 5.69 Å². The monoisotopic (exact) mass is 244 g/mol. The fraction of sp³-hybridized carbons (Fsp3) is 0.500. The third-order valence-electron chi connectivity index (χ3n) is 3.92. The van der Waals surface area contributed by atoms with Crippen LogP contribution in [-0.4, -0.2) is 29.3 Å². The Bertz CT molecular complexity index is 543. The molecule has 1 aromatic carbocycles. The number of nitrogens with one attached hydrogen (secondary N) is 3. The lowest BCUT2D eigenvalue weighted by atomic mass is 9.80. The number of anilines is 1. The average Bonchev–Trinajstić information content (AvgIpc) is 2.79. The molecular weight excluding hydrogens is 224 g/mol. The molecule has 1 aliphatic heterocycles. The lowest BCUT2D eigenvalue weighted by molar-refractivity contribution is 0.236. The second-order valence-corrected chi connectivity index (χ2v) is 5.82. The number of rotatable bonds is 2. The molecule has 4 nitrogen and oxygen atoms in total. The van der Waals surface area contributed by atoms with Crippen molar-refractivity contribution in [2.75, 3.05) is 18.4 Å². The van der Waals surface area contributed by atoms with E-state index in [-0.39, 0.29) is 5.41 Å². The van der Waals surface area contributed by atoms with Crippen molar-refractivity contribution in [3.8, 4) is 0 Å². The minimum atomic E-state index is 0.279. The molecule has 2 heterocycles. The van der Waals surface area contributed by atoms with Gasteiger partial charge in [0.25, 0.3) is 0 Å². The Morgan fingerprint density at radius 3 is 3.11 bits per heavy atom. The molecule has 1 aliphatic rings. The standard InChI is InChI=1S/C14H20N4/c1-14(2)9-15-6-5-13(14)17-11-4-3-10-8-16-18-12(10)7-11/h3-4,7-8,13,15,17H,5-6,9H2,1-2H3,(H,16,18). The highest BCUT2D eigenvalue weighted by molar-refractivity contribution is 5.81. The molecule has 0 saturated carbocycles. The molecule has 3 N–H and O–H groups in total. The van der Waals surface area contributed by atoms with Gasteiger partial charge >= 0.3 is 0 Å². The van der Waals surface area contributed by atoms with Crippen LogP contribution in [0.15, 0.2) is 24.4 Å². The van der Waals surface area contributed by atoms with E-state index in [9.17, 15) is 0 Å². The Kier molecular flexibility index (Phi) is 2.74. The summed E-state index contributed by atoms with van der Waals surface area (Å²) in [5.74, 6) is 0. The maximum Gasteiger partial charge on any atom is 0.0670 e. The van der Waals surface area contributed by atoms with Crippen molar-refractivity contribution < 1.29 is 0 Å². The summed E-state index contributed by atoms with van der Waals surface area (Å²) in [6.07, 6.45) is 3.02. The molecule has 0 radical (unpaired) electrons. The molecule has 3 rings (SSSR count). The molecule has 4 heteroatoms. The van der Waals surface area contributed by atoms with E-state index in [4.69, 9.17) is 0 Å². The molecule has 1 atom stereocenters. The number of hydrogen-bond acceptors (Lipinski definition) is 3. The van der Waals surface area contributed by atoms with Crippen LogP contribution < -0.4 is 10.6 Å². The van der Waals surface area contributed by atoms with Crippen molar-refractivity contribution >= 4 is 16.6 Å². The minimum Gasteiger partial charge on any atom is -0.382 e. The quantitative estimate of drug-likeness (QED) is 0.760. The maximum atomic E-state index is 4.06. The van der Waals surface area contributed by atoms with E-state index < -0.39 is 0 Å². The molecule has 96 valence electrons. The average molecular weight is 244 g/mol. The van der Waals surface area contributed by atoms with Crippen LogP contribution in [-0.2, 0) is 0 Å². The first-order chi connectivity index (χ1) is 8.65. The van der Waals surface area contributed by atoms with E-state index in [0.29, 0.717) is 6.04 Å². The van der Waals surface area contributed by atoms with Crippen LogP contribution in [0.25, 0.3) is 10.9 Å². The molecule has 0 amide bonds. The lowest BCUT2D eigenvalue weighted by Gasteiger charge is -2.40. The first-order valence-corrected chi connectivity index (χ1v) is 6.55. The smallest absolute Gasteiger partial charge is 0.0670 e. The number of aromatic amines is 1. The van der Waals surface area contributed by atoms with Gasteiger partial charge in [-0.05, 0) is 36.6 Å². The van der Waals surface area contributed by atoms with E-state index in [1.165, 1.54) is 5.69 Å². The molecular formula is C14H20N4. The number of H-pyrrole nitrogens is 1. The Balaban J connectivity index is 1.82.